The molecule has 200 valence electrons. The zero-order valence-electron chi connectivity index (χ0n) is 21.4. The first-order valence-electron chi connectivity index (χ1n) is 12.8. The van der Waals surface area contributed by atoms with Crippen LogP contribution in [-0.2, 0) is 9.47 Å². The SMILES string of the molecule is COCC(C)NC1CCC(Nc2cc(-c3nc(NCC4(C#N)CCOCC4)cnc3Cl)c(Cl)cn2)CC1. The molecule has 9 nitrogen and oxygen atoms in total. The molecule has 0 spiro atoms. The van der Waals surface area contributed by atoms with Crippen molar-refractivity contribution in [2.24, 2.45) is 5.41 Å². The van der Waals surface area contributed by atoms with E-state index in [-0.39, 0.29) is 5.15 Å². The molecule has 4 rings (SSSR count). The second-order valence-corrected chi connectivity index (χ2v) is 10.8. The highest BCUT2D eigenvalue weighted by atomic mass is 35.5. The minimum absolute atomic E-state index is 0.252. The minimum Gasteiger partial charge on any atom is -0.383 e. The summed E-state index contributed by atoms with van der Waals surface area (Å²) in [4.78, 5) is 13.5. The lowest BCUT2D eigenvalue weighted by atomic mass is 9.82. The van der Waals surface area contributed by atoms with Crippen molar-refractivity contribution in [2.45, 2.75) is 63.6 Å². The molecular formula is C26H35Cl2N7O2. The third-order valence-corrected chi connectivity index (χ3v) is 7.73. The second-order valence-electron chi connectivity index (χ2n) is 10.0. The lowest BCUT2D eigenvalue weighted by molar-refractivity contribution is 0.0455. The van der Waals surface area contributed by atoms with Crippen molar-refractivity contribution in [3.05, 3.63) is 28.6 Å². The molecule has 0 bridgehead atoms. The van der Waals surface area contributed by atoms with E-state index in [0.717, 1.165) is 31.5 Å². The molecule has 2 aromatic rings. The number of methoxy groups -OCH3 is 1. The number of aromatic nitrogens is 3. The predicted octanol–water partition coefficient (Wildman–Crippen LogP) is 4.93. The molecule has 0 aromatic carbocycles. The fraction of sp³-hybridized carbons (Fsp3) is 0.615. The molecule has 3 heterocycles. The molecule has 2 fully saturated rings. The number of nitrogens with zero attached hydrogens (tertiary/aromatic N) is 4. The van der Waals surface area contributed by atoms with Crippen molar-refractivity contribution in [3.8, 4) is 17.3 Å². The van der Waals surface area contributed by atoms with Gasteiger partial charge in [-0.2, -0.15) is 5.26 Å². The fourth-order valence-corrected chi connectivity index (χ4v) is 5.38. The van der Waals surface area contributed by atoms with Crippen LogP contribution in [0.25, 0.3) is 11.3 Å². The Balaban J connectivity index is 1.41. The molecule has 1 aliphatic heterocycles. The van der Waals surface area contributed by atoms with Gasteiger partial charge in [-0.15, -0.1) is 0 Å². The topological polar surface area (TPSA) is 117 Å². The molecule has 11 heteroatoms. The molecule has 1 aliphatic carbocycles. The van der Waals surface area contributed by atoms with Gasteiger partial charge in [-0.3, -0.25) is 0 Å². The quantitative estimate of drug-likeness (QED) is 0.380. The number of nitrogens with one attached hydrogen (secondary N) is 3. The number of pyridine rings is 1. The van der Waals surface area contributed by atoms with Crippen LogP contribution < -0.4 is 16.0 Å². The highest BCUT2D eigenvalue weighted by Gasteiger charge is 2.32. The van der Waals surface area contributed by atoms with Gasteiger partial charge >= 0.3 is 0 Å². The van der Waals surface area contributed by atoms with Crippen LogP contribution in [0.2, 0.25) is 10.2 Å². The summed E-state index contributed by atoms with van der Waals surface area (Å²) in [5.74, 6) is 1.27. The van der Waals surface area contributed by atoms with Gasteiger partial charge in [0.1, 0.15) is 17.3 Å². The lowest BCUT2D eigenvalue weighted by Crippen LogP contribution is -2.42. The molecule has 1 saturated heterocycles. The summed E-state index contributed by atoms with van der Waals surface area (Å²) in [7, 11) is 1.73. The van der Waals surface area contributed by atoms with Crippen molar-refractivity contribution in [1.82, 2.24) is 20.3 Å². The van der Waals surface area contributed by atoms with Gasteiger partial charge < -0.3 is 25.4 Å². The number of nitriles is 1. The van der Waals surface area contributed by atoms with Crippen molar-refractivity contribution in [2.75, 3.05) is 44.1 Å². The number of hydrogen-bond donors (Lipinski definition) is 3. The van der Waals surface area contributed by atoms with Gasteiger partial charge in [-0.1, -0.05) is 23.2 Å². The Labute approximate surface area is 228 Å². The summed E-state index contributed by atoms with van der Waals surface area (Å²) in [5, 5.41) is 20.9. The molecule has 37 heavy (non-hydrogen) atoms. The third-order valence-electron chi connectivity index (χ3n) is 7.15. The Bertz CT molecular complexity index is 1080. The molecule has 1 saturated carbocycles. The van der Waals surface area contributed by atoms with Gasteiger partial charge in [0.25, 0.3) is 0 Å². The van der Waals surface area contributed by atoms with Crippen molar-refractivity contribution < 1.29 is 9.47 Å². The van der Waals surface area contributed by atoms with Gasteiger partial charge in [-0.25, -0.2) is 15.0 Å². The maximum Gasteiger partial charge on any atom is 0.155 e. The lowest BCUT2D eigenvalue weighted by Gasteiger charge is -2.32. The highest BCUT2D eigenvalue weighted by Crippen LogP contribution is 2.34. The average Bonchev–Trinajstić information content (AvgIpc) is 2.91. The number of anilines is 2. The van der Waals surface area contributed by atoms with Crippen molar-refractivity contribution >= 4 is 34.8 Å². The van der Waals surface area contributed by atoms with Gasteiger partial charge in [0.05, 0.1) is 29.3 Å². The van der Waals surface area contributed by atoms with Gasteiger partial charge in [-0.05, 0) is 51.5 Å². The maximum absolute atomic E-state index is 9.73. The van der Waals surface area contributed by atoms with Crippen LogP contribution >= 0.6 is 23.2 Å². The second kappa shape index (κ2) is 13.0. The summed E-state index contributed by atoms with van der Waals surface area (Å²) in [6, 6.07) is 5.51. The zero-order valence-corrected chi connectivity index (χ0v) is 22.9. The Morgan fingerprint density at radius 2 is 1.86 bits per heavy atom. The van der Waals surface area contributed by atoms with E-state index >= 15 is 0 Å². The fourth-order valence-electron chi connectivity index (χ4n) is 4.99. The molecule has 0 amide bonds. The molecule has 3 N–H and O–H groups in total. The first kappa shape index (κ1) is 27.8. The van der Waals surface area contributed by atoms with E-state index < -0.39 is 5.41 Å². The van der Waals surface area contributed by atoms with Gasteiger partial charge in [0.15, 0.2) is 5.15 Å². The minimum atomic E-state index is -0.485. The predicted molar refractivity (Wildman–Crippen MR) is 146 cm³/mol. The van der Waals surface area contributed by atoms with Crippen LogP contribution in [0, 0.1) is 16.7 Å². The van der Waals surface area contributed by atoms with Crippen molar-refractivity contribution in [1.29, 1.82) is 5.26 Å². The highest BCUT2D eigenvalue weighted by molar-refractivity contribution is 6.35. The largest absolute Gasteiger partial charge is 0.383 e. The first-order valence-corrected chi connectivity index (χ1v) is 13.6. The summed E-state index contributed by atoms with van der Waals surface area (Å²) in [6.07, 6.45) is 8.82. The van der Waals surface area contributed by atoms with E-state index in [9.17, 15) is 5.26 Å². The van der Waals surface area contributed by atoms with E-state index in [1.54, 1.807) is 19.5 Å². The van der Waals surface area contributed by atoms with Crippen LogP contribution in [0.1, 0.15) is 45.4 Å². The van der Waals surface area contributed by atoms with E-state index in [1.165, 1.54) is 0 Å². The Hall–Kier alpha value is -2.22. The molecule has 2 aliphatic rings. The van der Waals surface area contributed by atoms with E-state index in [4.69, 9.17) is 32.7 Å². The molecule has 2 aromatic heterocycles. The number of ether oxygens (including phenoxy) is 2. The van der Waals surface area contributed by atoms with Gasteiger partial charge in [0.2, 0.25) is 0 Å². The van der Waals surface area contributed by atoms with Crippen LogP contribution in [-0.4, -0.2) is 66.6 Å². The summed E-state index contributed by atoms with van der Waals surface area (Å²) >= 11 is 13.0. The Morgan fingerprint density at radius 3 is 2.57 bits per heavy atom. The van der Waals surface area contributed by atoms with Crippen LogP contribution in [0.5, 0.6) is 0 Å². The smallest absolute Gasteiger partial charge is 0.155 e. The number of halogens is 2. The molecule has 1 unspecified atom stereocenters. The standard InChI is InChI=1S/C26H35Cl2N7O2/c1-17(14-36-2)33-18-3-5-19(6-4-18)34-22-11-20(21(27)12-30-22)24-25(28)31-13-23(35-24)32-16-26(15-29)7-9-37-10-8-26/h11-13,17-19,33H,3-10,14,16H2,1-2H3,(H,30,34)(H,32,35). The van der Waals surface area contributed by atoms with Crippen LogP contribution in [0.3, 0.4) is 0 Å². The number of rotatable bonds is 10. The monoisotopic (exact) mass is 547 g/mol. The van der Waals surface area contributed by atoms with Crippen LogP contribution in [0.15, 0.2) is 18.5 Å². The van der Waals surface area contributed by atoms with E-state index in [0.29, 0.717) is 79.4 Å². The van der Waals surface area contributed by atoms with Crippen LogP contribution in [0.4, 0.5) is 11.6 Å². The first-order chi connectivity index (χ1) is 17.9. The van der Waals surface area contributed by atoms with Crippen molar-refractivity contribution in [3.63, 3.8) is 0 Å². The maximum atomic E-state index is 9.73. The molecule has 0 radical (unpaired) electrons. The third kappa shape index (κ3) is 7.43. The van der Waals surface area contributed by atoms with Gasteiger partial charge in [0, 0.05) is 56.8 Å². The average molecular weight is 549 g/mol. The Kier molecular flexibility index (Phi) is 9.79. The normalized spacial score (nSPS) is 22.1. The summed E-state index contributed by atoms with van der Waals surface area (Å²) in [5.41, 5.74) is 0.645. The molecule has 1 atom stereocenters. The Morgan fingerprint density at radius 1 is 1.14 bits per heavy atom. The summed E-state index contributed by atoms with van der Waals surface area (Å²) < 4.78 is 10.7. The van der Waals surface area contributed by atoms with E-state index in [2.05, 4.69) is 43.9 Å². The zero-order chi connectivity index (χ0) is 26.3. The molecular weight excluding hydrogens is 513 g/mol. The van der Waals surface area contributed by atoms with E-state index in [1.807, 2.05) is 6.07 Å². The summed E-state index contributed by atoms with van der Waals surface area (Å²) in [6.45, 7) is 4.49. The number of hydrogen-bond acceptors (Lipinski definition) is 9.